The van der Waals surface area contributed by atoms with Crippen molar-refractivity contribution in [3.05, 3.63) is 11.1 Å². The maximum Gasteiger partial charge on any atom is 0.335 e. The maximum absolute atomic E-state index is 12.4. The van der Waals surface area contributed by atoms with Crippen LogP contribution in [0.15, 0.2) is 11.1 Å². The van der Waals surface area contributed by atoms with Gasteiger partial charge in [0.1, 0.15) is 5.60 Å². The van der Waals surface area contributed by atoms with Crippen LogP contribution < -0.4 is 5.32 Å². The summed E-state index contributed by atoms with van der Waals surface area (Å²) in [6, 6.07) is 0. The highest BCUT2D eigenvalue weighted by Crippen LogP contribution is 2.43. The first-order valence-corrected chi connectivity index (χ1v) is 7.32. The molecule has 0 saturated heterocycles. The summed E-state index contributed by atoms with van der Waals surface area (Å²) >= 11 is 0. The number of ether oxygens (including phenoxy) is 2. The minimum absolute atomic E-state index is 0.161. The second-order valence-electron chi connectivity index (χ2n) is 5.55. The number of amides is 1. The van der Waals surface area contributed by atoms with Gasteiger partial charge in [0.2, 0.25) is 0 Å². The molecule has 1 N–H and O–H groups in total. The molecule has 5 heteroatoms. The number of hydrogen-bond acceptors (Lipinski definition) is 4. The van der Waals surface area contributed by atoms with Crippen LogP contribution in [0, 0.1) is 0 Å². The summed E-state index contributed by atoms with van der Waals surface area (Å²) in [5.41, 5.74) is 0.362. The average Bonchev–Trinajstić information content (AvgIpc) is 2.67. The zero-order chi connectivity index (χ0) is 14.6. The monoisotopic (exact) mass is 281 g/mol. The van der Waals surface area contributed by atoms with E-state index in [-0.39, 0.29) is 11.9 Å². The van der Waals surface area contributed by atoms with E-state index in [0.717, 1.165) is 38.5 Å². The summed E-state index contributed by atoms with van der Waals surface area (Å²) in [6.45, 7) is 2.85. The molecule has 1 saturated carbocycles. The van der Waals surface area contributed by atoms with Crippen LogP contribution in [0.1, 0.15) is 45.4 Å². The Kier molecular flexibility index (Phi) is 4.81. The number of rotatable bonds is 5. The van der Waals surface area contributed by atoms with Crippen molar-refractivity contribution < 1.29 is 19.1 Å². The van der Waals surface area contributed by atoms with Crippen molar-refractivity contribution in [3.63, 3.8) is 0 Å². The van der Waals surface area contributed by atoms with Gasteiger partial charge in [0.05, 0.1) is 5.57 Å². The standard InChI is InChI=1S/C15H23NO4/c1-11-12(13(17)16-9-6-10-19-2)15(20-14(11)18)7-4-3-5-8-15/h3-10H2,1-2H3,(H,16,17). The summed E-state index contributed by atoms with van der Waals surface area (Å²) in [5.74, 6) is -0.500. The summed E-state index contributed by atoms with van der Waals surface area (Å²) < 4.78 is 10.5. The summed E-state index contributed by atoms with van der Waals surface area (Å²) in [7, 11) is 1.63. The van der Waals surface area contributed by atoms with Crippen LogP contribution in [-0.2, 0) is 19.1 Å². The molecule has 0 atom stereocenters. The van der Waals surface area contributed by atoms with E-state index in [1.807, 2.05) is 0 Å². The Hall–Kier alpha value is -1.36. The van der Waals surface area contributed by atoms with Gasteiger partial charge < -0.3 is 14.8 Å². The highest BCUT2D eigenvalue weighted by molar-refractivity contribution is 6.07. The van der Waals surface area contributed by atoms with Crippen LogP contribution in [0.2, 0.25) is 0 Å². The predicted molar refractivity (Wildman–Crippen MR) is 74.1 cm³/mol. The third-order valence-corrected chi connectivity index (χ3v) is 4.12. The number of carbonyl (C=O) groups excluding carboxylic acids is 2. The van der Waals surface area contributed by atoms with Crippen molar-refractivity contribution in [2.24, 2.45) is 0 Å². The number of carbonyl (C=O) groups is 2. The third kappa shape index (κ3) is 2.87. The molecule has 0 unspecified atom stereocenters. The van der Waals surface area contributed by atoms with Crippen LogP contribution >= 0.6 is 0 Å². The molecular weight excluding hydrogens is 258 g/mol. The highest BCUT2D eigenvalue weighted by atomic mass is 16.6. The molecule has 1 spiro atoms. The molecule has 0 aromatic rings. The van der Waals surface area contributed by atoms with E-state index in [1.54, 1.807) is 14.0 Å². The number of hydrogen-bond donors (Lipinski definition) is 1. The van der Waals surface area contributed by atoms with E-state index in [4.69, 9.17) is 9.47 Å². The lowest BCUT2D eigenvalue weighted by Gasteiger charge is -2.34. The molecule has 1 aliphatic heterocycles. The molecule has 1 fully saturated rings. The van der Waals surface area contributed by atoms with Crippen molar-refractivity contribution in [1.29, 1.82) is 0 Å². The van der Waals surface area contributed by atoms with Gasteiger partial charge in [-0.25, -0.2) is 4.79 Å². The SMILES string of the molecule is COCCCNC(=O)C1=C(C)C(=O)OC12CCCCC2. The Morgan fingerprint density at radius 3 is 2.70 bits per heavy atom. The lowest BCUT2D eigenvalue weighted by Crippen LogP contribution is -2.41. The van der Waals surface area contributed by atoms with Crippen molar-refractivity contribution in [2.75, 3.05) is 20.3 Å². The summed E-state index contributed by atoms with van der Waals surface area (Å²) in [6.07, 6.45) is 5.42. The Bertz CT molecular complexity index is 422. The van der Waals surface area contributed by atoms with Crippen LogP contribution in [0.3, 0.4) is 0 Å². The largest absolute Gasteiger partial charge is 0.451 e. The van der Waals surface area contributed by atoms with Crippen LogP contribution in [-0.4, -0.2) is 37.7 Å². The van der Waals surface area contributed by atoms with E-state index < -0.39 is 5.60 Å². The molecule has 112 valence electrons. The first-order chi connectivity index (χ1) is 9.60. The summed E-state index contributed by atoms with van der Waals surface area (Å²) in [4.78, 5) is 24.3. The van der Waals surface area contributed by atoms with Gasteiger partial charge in [-0.15, -0.1) is 0 Å². The Morgan fingerprint density at radius 2 is 2.05 bits per heavy atom. The number of methoxy groups -OCH3 is 1. The van der Waals surface area contributed by atoms with Gasteiger partial charge in [-0.2, -0.15) is 0 Å². The van der Waals surface area contributed by atoms with Crippen molar-refractivity contribution in [2.45, 2.75) is 51.0 Å². The zero-order valence-corrected chi connectivity index (χ0v) is 12.3. The zero-order valence-electron chi connectivity index (χ0n) is 12.3. The molecule has 0 radical (unpaired) electrons. The normalized spacial score (nSPS) is 21.2. The molecule has 20 heavy (non-hydrogen) atoms. The molecule has 2 rings (SSSR count). The van der Waals surface area contributed by atoms with Crippen molar-refractivity contribution >= 4 is 11.9 Å². The predicted octanol–water partition coefficient (Wildman–Crippen LogP) is 1.72. The molecule has 5 nitrogen and oxygen atoms in total. The fraction of sp³-hybridized carbons (Fsp3) is 0.733. The highest BCUT2D eigenvalue weighted by Gasteiger charge is 2.49. The molecular formula is C15H23NO4. The molecule has 1 aliphatic carbocycles. The minimum Gasteiger partial charge on any atom is -0.451 e. The molecule has 1 heterocycles. The van der Waals surface area contributed by atoms with E-state index in [9.17, 15) is 9.59 Å². The third-order valence-electron chi connectivity index (χ3n) is 4.12. The molecule has 0 bridgehead atoms. The van der Waals surface area contributed by atoms with Crippen LogP contribution in [0.5, 0.6) is 0 Å². The topological polar surface area (TPSA) is 64.6 Å². The molecule has 0 aromatic carbocycles. The molecule has 1 amide bonds. The average molecular weight is 281 g/mol. The molecule has 0 aromatic heterocycles. The van der Waals surface area contributed by atoms with Gasteiger partial charge in [-0.1, -0.05) is 6.42 Å². The van der Waals surface area contributed by atoms with Gasteiger partial charge in [-0.05, 0) is 39.0 Å². The quantitative estimate of drug-likeness (QED) is 0.615. The second-order valence-corrected chi connectivity index (χ2v) is 5.55. The summed E-state index contributed by atoms with van der Waals surface area (Å²) in [5, 5.41) is 2.87. The fourth-order valence-corrected chi connectivity index (χ4v) is 3.11. The van der Waals surface area contributed by atoms with Crippen molar-refractivity contribution in [1.82, 2.24) is 5.32 Å². The smallest absolute Gasteiger partial charge is 0.335 e. The Morgan fingerprint density at radius 1 is 1.35 bits per heavy atom. The van der Waals surface area contributed by atoms with Gasteiger partial charge in [-0.3, -0.25) is 4.79 Å². The Labute approximate surface area is 119 Å². The van der Waals surface area contributed by atoms with Gasteiger partial charge in [0.25, 0.3) is 5.91 Å². The van der Waals surface area contributed by atoms with E-state index in [1.165, 1.54) is 0 Å². The van der Waals surface area contributed by atoms with Gasteiger partial charge in [0, 0.05) is 25.8 Å². The number of esters is 1. The molecule has 2 aliphatic rings. The number of nitrogens with one attached hydrogen (secondary N) is 1. The lowest BCUT2D eigenvalue weighted by molar-refractivity contribution is -0.149. The maximum atomic E-state index is 12.4. The fourth-order valence-electron chi connectivity index (χ4n) is 3.11. The second kappa shape index (κ2) is 6.39. The van der Waals surface area contributed by atoms with Gasteiger partial charge >= 0.3 is 5.97 Å². The van der Waals surface area contributed by atoms with E-state index in [0.29, 0.717) is 24.3 Å². The van der Waals surface area contributed by atoms with E-state index >= 15 is 0 Å². The minimum atomic E-state index is -0.662. The van der Waals surface area contributed by atoms with Crippen LogP contribution in [0.25, 0.3) is 0 Å². The van der Waals surface area contributed by atoms with E-state index in [2.05, 4.69) is 5.32 Å². The van der Waals surface area contributed by atoms with Crippen LogP contribution in [0.4, 0.5) is 0 Å². The van der Waals surface area contributed by atoms with Crippen molar-refractivity contribution in [3.8, 4) is 0 Å². The lowest BCUT2D eigenvalue weighted by atomic mass is 9.78. The first-order valence-electron chi connectivity index (χ1n) is 7.32. The first kappa shape index (κ1) is 15.0. The Balaban J connectivity index is 2.08. The van der Waals surface area contributed by atoms with Gasteiger partial charge in [0.15, 0.2) is 0 Å².